The van der Waals surface area contributed by atoms with Gasteiger partial charge in [0.1, 0.15) is 0 Å². The summed E-state index contributed by atoms with van der Waals surface area (Å²) in [5.74, 6) is 5.39. The van der Waals surface area contributed by atoms with Crippen LogP contribution in [0.5, 0.6) is 0 Å². The van der Waals surface area contributed by atoms with Crippen molar-refractivity contribution in [1.82, 2.24) is 5.01 Å². The third kappa shape index (κ3) is 3.55. The van der Waals surface area contributed by atoms with Crippen LogP contribution in [0.15, 0.2) is 42.5 Å². The number of aryl methyl sites for hydroxylation is 1. The number of fused-ring (bicyclic) bond motifs is 1. The Morgan fingerprint density at radius 3 is 2.63 bits per heavy atom. The highest BCUT2D eigenvalue weighted by molar-refractivity contribution is 5.85. The van der Waals surface area contributed by atoms with Gasteiger partial charge in [-0.1, -0.05) is 42.5 Å². The molecule has 0 saturated carbocycles. The third-order valence-corrected chi connectivity index (χ3v) is 3.36. The molecule has 0 saturated heterocycles. The number of carbonyl (C=O) groups is 1. The summed E-state index contributed by atoms with van der Waals surface area (Å²) in [7, 11) is 1.59. The molecule has 0 unspecified atom stereocenters. The second-order valence-electron chi connectivity index (χ2n) is 4.85. The molecule has 0 atom stereocenters. The molecule has 0 aromatic heterocycles. The molecule has 100 valence electrons. The van der Waals surface area contributed by atoms with E-state index >= 15 is 0 Å². The van der Waals surface area contributed by atoms with Crippen LogP contribution in [0.25, 0.3) is 10.8 Å². The van der Waals surface area contributed by atoms with E-state index in [4.69, 9.17) is 5.84 Å². The van der Waals surface area contributed by atoms with Gasteiger partial charge in [0.25, 0.3) is 0 Å². The molecule has 0 spiro atoms. The lowest BCUT2D eigenvalue weighted by Gasteiger charge is -2.10. The van der Waals surface area contributed by atoms with Gasteiger partial charge in [0.05, 0.1) is 0 Å². The SMILES string of the molecule is CN(N)C(=O)CCCCc1cccc2ccccc12. The molecule has 0 heterocycles. The number of benzene rings is 2. The number of hydrogen-bond acceptors (Lipinski definition) is 2. The van der Waals surface area contributed by atoms with Crippen molar-refractivity contribution in [2.24, 2.45) is 5.84 Å². The van der Waals surface area contributed by atoms with Gasteiger partial charge in [-0.25, -0.2) is 5.84 Å². The van der Waals surface area contributed by atoms with Gasteiger partial charge in [0.15, 0.2) is 0 Å². The summed E-state index contributed by atoms with van der Waals surface area (Å²) in [4.78, 5) is 11.4. The Labute approximate surface area is 114 Å². The number of nitrogens with zero attached hydrogens (tertiary/aromatic N) is 1. The largest absolute Gasteiger partial charge is 0.284 e. The first-order valence-corrected chi connectivity index (χ1v) is 6.66. The minimum absolute atomic E-state index is 0.00193. The van der Waals surface area contributed by atoms with Crippen molar-refractivity contribution in [2.75, 3.05) is 7.05 Å². The van der Waals surface area contributed by atoms with Crippen molar-refractivity contribution in [3.05, 3.63) is 48.0 Å². The van der Waals surface area contributed by atoms with Crippen molar-refractivity contribution >= 4 is 16.7 Å². The Morgan fingerprint density at radius 2 is 1.84 bits per heavy atom. The van der Waals surface area contributed by atoms with Gasteiger partial charge < -0.3 is 0 Å². The zero-order valence-electron chi connectivity index (χ0n) is 11.3. The van der Waals surface area contributed by atoms with Crippen LogP contribution < -0.4 is 5.84 Å². The molecule has 2 rings (SSSR count). The van der Waals surface area contributed by atoms with Gasteiger partial charge in [0, 0.05) is 13.5 Å². The summed E-state index contributed by atoms with van der Waals surface area (Å²) in [5.41, 5.74) is 1.35. The molecule has 0 bridgehead atoms. The molecule has 0 aliphatic rings. The van der Waals surface area contributed by atoms with Gasteiger partial charge >= 0.3 is 0 Å². The minimum atomic E-state index is -0.00193. The fourth-order valence-electron chi connectivity index (χ4n) is 2.28. The van der Waals surface area contributed by atoms with E-state index in [-0.39, 0.29) is 5.91 Å². The highest BCUT2D eigenvalue weighted by Gasteiger charge is 2.04. The van der Waals surface area contributed by atoms with Crippen LogP contribution >= 0.6 is 0 Å². The molecule has 2 aromatic rings. The summed E-state index contributed by atoms with van der Waals surface area (Å²) in [5, 5.41) is 3.75. The first-order valence-electron chi connectivity index (χ1n) is 6.66. The molecule has 0 radical (unpaired) electrons. The van der Waals surface area contributed by atoms with Crippen LogP contribution in [0.2, 0.25) is 0 Å². The third-order valence-electron chi connectivity index (χ3n) is 3.36. The average Bonchev–Trinajstić information content (AvgIpc) is 2.43. The summed E-state index contributed by atoms with van der Waals surface area (Å²) in [6, 6.07) is 14.8. The Balaban J connectivity index is 1.93. The molecule has 2 aromatic carbocycles. The molecule has 1 amide bonds. The topological polar surface area (TPSA) is 46.3 Å². The molecule has 3 heteroatoms. The maximum atomic E-state index is 11.4. The van der Waals surface area contributed by atoms with Crippen molar-refractivity contribution in [3.63, 3.8) is 0 Å². The zero-order valence-corrected chi connectivity index (χ0v) is 11.3. The number of hydrazine groups is 1. The van der Waals surface area contributed by atoms with Crippen molar-refractivity contribution in [1.29, 1.82) is 0 Å². The number of amides is 1. The van der Waals surface area contributed by atoms with E-state index in [1.165, 1.54) is 16.3 Å². The maximum absolute atomic E-state index is 11.4. The van der Waals surface area contributed by atoms with Crippen LogP contribution in [0.4, 0.5) is 0 Å². The molecule has 0 fully saturated rings. The van der Waals surface area contributed by atoms with Crippen LogP contribution in [-0.2, 0) is 11.2 Å². The average molecular weight is 256 g/mol. The summed E-state index contributed by atoms with van der Waals surface area (Å²) < 4.78 is 0. The molecule has 2 N–H and O–H groups in total. The minimum Gasteiger partial charge on any atom is -0.284 e. The van der Waals surface area contributed by atoms with E-state index < -0.39 is 0 Å². The zero-order chi connectivity index (χ0) is 13.7. The first-order chi connectivity index (χ1) is 9.18. The maximum Gasteiger partial charge on any atom is 0.236 e. The molecular formula is C16H20N2O. The Hall–Kier alpha value is -1.87. The molecule has 3 nitrogen and oxygen atoms in total. The normalized spacial score (nSPS) is 10.6. The number of rotatable bonds is 5. The lowest BCUT2D eigenvalue weighted by Crippen LogP contribution is -2.32. The van der Waals surface area contributed by atoms with E-state index in [0.717, 1.165) is 24.3 Å². The standard InChI is InChI=1S/C16H20N2O/c1-18(17)16(19)12-5-3-8-14-10-6-9-13-7-2-4-11-15(13)14/h2,4,6-7,9-11H,3,5,8,12,17H2,1H3. The summed E-state index contributed by atoms with van der Waals surface area (Å²) in [6.45, 7) is 0. The Bertz CT molecular complexity index is 558. The van der Waals surface area contributed by atoms with Gasteiger partial charge in [-0.2, -0.15) is 0 Å². The second kappa shape index (κ2) is 6.34. The van der Waals surface area contributed by atoms with E-state index in [2.05, 4.69) is 42.5 Å². The van der Waals surface area contributed by atoms with Crippen molar-refractivity contribution in [2.45, 2.75) is 25.7 Å². The quantitative estimate of drug-likeness (QED) is 0.387. The Kier molecular flexibility index (Phi) is 4.53. The smallest absolute Gasteiger partial charge is 0.236 e. The predicted octanol–water partition coefficient (Wildman–Crippen LogP) is 2.88. The van der Waals surface area contributed by atoms with Gasteiger partial charge in [-0.05, 0) is 35.6 Å². The van der Waals surface area contributed by atoms with Crippen molar-refractivity contribution in [3.8, 4) is 0 Å². The lowest BCUT2D eigenvalue weighted by atomic mass is 10.00. The highest BCUT2D eigenvalue weighted by atomic mass is 16.2. The van der Waals surface area contributed by atoms with Gasteiger partial charge in [0.2, 0.25) is 5.91 Å². The van der Waals surface area contributed by atoms with E-state index in [1.807, 2.05) is 0 Å². The fraction of sp³-hybridized carbons (Fsp3) is 0.312. The lowest BCUT2D eigenvalue weighted by molar-refractivity contribution is -0.130. The predicted molar refractivity (Wildman–Crippen MR) is 78.5 cm³/mol. The van der Waals surface area contributed by atoms with E-state index in [1.54, 1.807) is 7.05 Å². The van der Waals surface area contributed by atoms with E-state index in [9.17, 15) is 4.79 Å². The number of unbranched alkanes of at least 4 members (excludes halogenated alkanes) is 1. The van der Waals surface area contributed by atoms with Gasteiger partial charge in [-0.3, -0.25) is 9.80 Å². The number of hydrogen-bond donors (Lipinski definition) is 1. The number of carbonyl (C=O) groups excluding carboxylic acids is 1. The summed E-state index contributed by atoms with van der Waals surface area (Å²) in [6.07, 6.45) is 3.41. The fourth-order valence-corrected chi connectivity index (χ4v) is 2.28. The molecule has 0 aliphatic carbocycles. The Morgan fingerprint density at radius 1 is 1.11 bits per heavy atom. The molecule has 19 heavy (non-hydrogen) atoms. The summed E-state index contributed by atoms with van der Waals surface area (Å²) >= 11 is 0. The van der Waals surface area contributed by atoms with Crippen LogP contribution in [-0.4, -0.2) is 18.0 Å². The number of nitrogens with two attached hydrogens (primary N) is 1. The van der Waals surface area contributed by atoms with Crippen molar-refractivity contribution < 1.29 is 4.79 Å². The molecular weight excluding hydrogens is 236 g/mol. The van der Waals surface area contributed by atoms with Crippen LogP contribution in [0.1, 0.15) is 24.8 Å². The van der Waals surface area contributed by atoms with E-state index in [0.29, 0.717) is 6.42 Å². The monoisotopic (exact) mass is 256 g/mol. The molecule has 0 aliphatic heterocycles. The van der Waals surface area contributed by atoms with Crippen LogP contribution in [0, 0.1) is 0 Å². The first kappa shape index (κ1) is 13.6. The second-order valence-corrected chi connectivity index (χ2v) is 4.85. The van der Waals surface area contributed by atoms with Crippen LogP contribution in [0.3, 0.4) is 0 Å². The van der Waals surface area contributed by atoms with Gasteiger partial charge in [-0.15, -0.1) is 0 Å². The highest BCUT2D eigenvalue weighted by Crippen LogP contribution is 2.20.